The number of rotatable bonds is 6. The molecule has 0 spiro atoms. The molecule has 1 aromatic heterocycles. The first-order valence-corrected chi connectivity index (χ1v) is 9.05. The molecule has 122 valence electrons. The molecule has 0 radical (unpaired) electrons. The molecule has 1 N–H and O–H groups in total. The maximum absolute atomic E-state index is 12.1. The Hall–Kier alpha value is -0.650. The van der Waals surface area contributed by atoms with Gasteiger partial charge in [0.1, 0.15) is 5.15 Å². The summed E-state index contributed by atoms with van der Waals surface area (Å²) in [7, 11) is 0. The summed E-state index contributed by atoms with van der Waals surface area (Å²) < 4.78 is 0.751. The maximum Gasteiger partial charge on any atom is 0.254 e. The first-order valence-electron chi connectivity index (χ1n) is 7.88. The van der Waals surface area contributed by atoms with Crippen molar-refractivity contribution < 1.29 is 4.79 Å². The molecule has 1 aliphatic heterocycles. The summed E-state index contributed by atoms with van der Waals surface area (Å²) in [5.41, 5.74) is 0.417. The molecule has 0 bridgehead atoms. The highest BCUT2D eigenvalue weighted by Gasteiger charge is 2.15. The van der Waals surface area contributed by atoms with Crippen LogP contribution < -0.4 is 5.32 Å². The molecule has 0 saturated carbocycles. The molecule has 22 heavy (non-hydrogen) atoms. The van der Waals surface area contributed by atoms with Crippen LogP contribution in [0.1, 0.15) is 43.0 Å². The standard InChI is InChI=1S/C16H23BrClN3O/c1-12-5-4-8-21(11-12)7-3-2-6-19-16(22)14-9-13(17)10-20-15(14)18/h9-10,12H,2-8,11H2,1H3,(H,19,22). The summed E-state index contributed by atoms with van der Waals surface area (Å²) in [6.07, 6.45) is 6.34. The first-order chi connectivity index (χ1) is 10.6. The fourth-order valence-corrected chi connectivity index (χ4v) is 3.35. The lowest BCUT2D eigenvalue weighted by atomic mass is 10.0. The van der Waals surface area contributed by atoms with Gasteiger partial charge in [0.15, 0.2) is 0 Å². The van der Waals surface area contributed by atoms with E-state index in [1.807, 2.05) is 0 Å². The normalized spacial score (nSPS) is 19.1. The van der Waals surface area contributed by atoms with Crippen molar-refractivity contribution in [3.8, 4) is 0 Å². The zero-order valence-corrected chi connectivity index (χ0v) is 15.3. The molecule has 0 aromatic carbocycles. The number of carbonyl (C=O) groups excluding carboxylic acids is 1. The van der Waals surface area contributed by atoms with Gasteiger partial charge >= 0.3 is 0 Å². The second kappa shape index (κ2) is 8.85. The van der Waals surface area contributed by atoms with E-state index in [1.54, 1.807) is 12.3 Å². The second-order valence-corrected chi connectivity index (χ2v) is 7.28. The molecule has 1 saturated heterocycles. The number of unbranched alkanes of at least 4 members (excludes halogenated alkanes) is 1. The molecule has 1 fully saturated rings. The first kappa shape index (κ1) is 17.7. The molecule has 6 heteroatoms. The predicted octanol–water partition coefficient (Wildman–Crippen LogP) is 3.74. The Morgan fingerprint density at radius 3 is 3.14 bits per heavy atom. The average Bonchev–Trinajstić information content (AvgIpc) is 2.49. The van der Waals surface area contributed by atoms with Crippen LogP contribution in [0.4, 0.5) is 0 Å². The highest BCUT2D eigenvalue weighted by molar-refractivity contribution is 9.10. The molecule has 2 heterocycles. The van der Waals surface area contributed by atoms with Crippen molar-refractivity contribution in [1.82, 2.24) is 15.2 Å². The Morgan fingerprint density at radius 2 is 2.36 bits per heavy atom. The number of carbonyl (C=O) groups is 1. The van der Waals surface area contributed by atoms with Gasteiger partial charge in [-0.3, -0.25) is 4.79 Å². The minimum absolute atomic E-state index is 0.162. The van der Waals surface area contributed by atoms with E-state index in [0.29, 0.717) is 12.1 Å². The van der Waals surface area contributed by atoms with Gasteiger partial charge < -0.3 is 10.2 Å². The Kier molecular flexibility index (Phi) is 7.12. The minimum Gasteiger partial charge on any atom is -0.352 e. The van der Waals surface area contributed by atoms with Crippen molar-refractivity contribution in [2.45, 2.75) is 32.6 Å². The number of nitrogens with zero attached hydrogens (tertiary/aromatic N) is 2. The monoisotopic (exact) mass is 387 g/mol. The van der Waals surface area contributed by atoms with E-state index in [9.17, 15) is 4.79 Å². The highest BCUT2D eigenvalue weighted by Crippen LogP contribution is 2.18. The van der Waals surface area contributed by atoms with E-state index >= 15 is 0 Å². The molecule has 1 aromatic rings. The van der Waals surface area contributed by atoms with Crippen LogP contribution >= 0.6 is 27.5 Å². The van der Waals surface area contributed by atoms with Gasteiger partial charge in [-0.1, -0.05) is 18.5 Å². The molecule has 1 aliphatic rings. The van der Waals surface area contributed by atoms with Crippen LogP contribution in [0.25, 0.3) is 0 Å². The van der Waals surface area contributed by atoms with Crippen molar-refractivity contribution in [2.75, 3.05) is 26.2 Å². The van der Waals surface area contributed by atoms with Crippen molar-refractivity contribution >= 4 is 33.4 Å². The van der Waals surface area contributed by atoms with E-state index in [-0.39, 0.29) is 11.1 Å². The molecule has 0 aliphatic carbocycles. The summed E-state index contributed by atoms with van der Waals surface area (Å²) >= 11 is 9.25. The number of aromatic nitrogens is 1. The number of pyridine rings is 1. The lowest BCUT2D eigenvalue weighted by Crippen LogP contribution is -2.35. The summed E-state index contributed by atoms with van der Waals surface area (Å²) in [5.74, 6) is 0.657. The van der Waals surface area contributed by atoms with Crippen molar-refractivity contribution in [3.63, 3.8) is 0 Å². The third kappa shape index (κ3) is 5.52. The SMILES string of the molecule is CC1CCCN(CCCCNC(=O)c2cc(Br)cnc2Cl)C1. The van der Waals surface area contributed by atoms with Gasteiger partial charge in [-0.05, 0) is 66.7 Å². The van der Waals surface area contributed by atoms with Gasteiger partial charge in [-0.15, -0.1) is 0 Å². The van der Waals surface area contributed by atoms with Gasteiger partial charge in [0.05, 0.1) is 5.56 Å². The molecular weight excluding hydrogens is 366 g/mol. The zero-order chi connectivity index (χ0) is 15.9. The van der Waals surface area contributed by atoms with Gasteiger partial charge in [0.25, 0.3) is 5.91 Å². The summed E-state index contributed by atoms with van der Waals surface area (Å²) in [5, 5.41) is 3.15. The number of halogens is 2. The molecule has 1 amide bonds. The fraction of sp³-hybridized carbons (Fsp3) is 0.625. The van der Waals surface area contributed by atoms with E-state index < -0.39 is 0 Å². The summed E-state index contributed by atoms with van der Waals surface area (Å²) in [6, 6.07) is 1.69. The topological polar surface area (TPSA) is 45.2 Å². The molecular formula is C16H23BrClN3O. The quantitative estimate of drug-likeness (QED) is 0.596. The largest absolute Gasteiger partial charge is 0.352 e. The van der Waals surface area contributed by atoms with E-state index in [4.69, 9.17) is 11.6 Å². The Morgan fingerprint density at radius 1 is 1.55 bits per heavy atom. The van der Waals surface area contributed by atoms with Crippen LogP contribution in [0.3, 0.4) is 0 Å². The summed E-state index contributed by atoms with van der Waals surface area (Å²) in [6.45, 7) is 6.55. The summed E-state index contributed by atoms with van der Waals surface area (Å²) in [4.78, 5) is 18.6. The van der Waals surface area contributed by atoms with Crippen LogP contribution in [0.5, 0.6) is 0 Å². The van der Waals surface area contributed by atoms with Crippen LogP contribution in [0.2, 0.25) is 5.15 Å². The predicted molar refractivity (Wildman–Crippen MR) is 93.4 cm³/mol. The average molecular weight is 389 g/mol. The van der Waals surface area contributed by atoms with E-state index in [0.717, 1.165) is 29.8 Å². The second-order valence-electron chi connectivity index (χ2n) is 6.00. The fourth-order valence-electron chi connectivity index (χ4n) is 2.83. The third-order valence-electron chi connectivity index (χ3n) is 3.98. The Bertz CT molecular complexity index is 512. The van der Waals surface area contributed by atoms with Crippen molar-refractivity contribution in [3.05, 3.63) is 27.5 Å². The smallest absolute Gasteiger partial charge is 0.254 e. The van der Waals surface area contributed by atoms with Crippen LogP contribution in [0, 0.1) is 5.92 Å². The number of nitrogens with one attached hydrogen (secondary N) is 1. The van der Waals surface area contributed by atoms with Crippen molar-refractivity contribution in [1.29, 1.82) is 0 Å². The van der Waals surface area contributed by atoms with Crippen LogP contribution in [0.15, 0.2) is 16.7 Å². The highest BCUT2D eigenvalue weighted by atomic mass is 79.9. The van der Waals surface area contributed by atoms with Crippen LogP contribution in [-0.4, -0.2) is 42.0 Å². The van der Waals surface area contributed by atoms with E-state index in [1.165, 1.54) is 25.9 Å². The van der Waals surface area contributed by atoms with Crippen LogP contribution in [-0.2, 0) is 0 Å². The minimum atomic E-state index is -0.162. The third-order valence-corrected chi connectivity index (χ3v) is 4.71. The van der Waals surface area contributed by atoms with Crippen molar-refractivity contribution in [2.24, 2.45) is 5.92 Å². The van der Waals surface area contributed by atoms with Gasteiger partial charge in [0.2, 0.25) is 0 Å². The molecule has 1 unspecified atom stereocenters. The number of amides is 1. The molecule has 2 rings (SSSR count). The number of hydrogen-bond acceptors (Lipinski definition) is 3. The number of piperidine rings is 1. The van der Waals surface area contributed by atoms with Gasteiger partial charge in [-0.2, -0.15) is 0 Å². The molecule has 4 nitrogen and oxygen atoms in total. The lowest BCUT2D eigenvalue weighted by molar-refractivity contribution is 0.0952. The number of hydrogen-bond donors (Lipinski definition) is 1. The van der Waals surface area contributed by atoms with Gasteiger partial charge in [0, 0.05) is 23.8 Å². The Balaban J connectivity index is 1.66. The van der Waals surface area contributed by atoms with E-state index in [2.05, 4.69) is 38.1 Å². The lowest BCUT2D eigenvalue weighted by Gasteiger charge is -2.30. The number of likely N-dealkylation sites (tertiary alicyclic amines) is 1. The molecule has 1 atom stereocenters. The van der Waals surface area contributed by atoms with Gasteiger partial charge in [-0.25, -0.2) is 4.98 Å². The zero-order valence-electron chi connectivity index (χ0n) is 12.9. The maximum atomic E-state index is 12.1. The Labute approximate surface area is 145 Å².